The summed E-state index contributed by atoms with van der Waals surface area (Å²) in [5.41, 5.74) is 2.34. The van der Waals surface area contributed by atoms with Crippen molar-refractivity contribution in [3.63, 3.8) is 0 Å². The fraction of sp³-hybridized carbons (Fsp3) is 0.333. The summed E-state index contributed by atoms with van der Waals surface area (Å²) in [7, 11) is 0. The molecule has 1 aromatic heterocycles. The largest absolute Gasteiger partial charge is 0.337 e. The van der Waals surface area contributed by atoms with E-state index in [1.165, 1.54) is 16.9 Å². The molecule has 130 valence electrons. The summed E-state index contributed by atoms with van der Waals surface area (Å²) in [6.07, 6.45) is 0.914. The van der Waals surface area contributed by atoms with Crippen LogP contribution in [0.5, 0.6) is 0 Å². The molecule has 4 nitrogen and oxygen atoms in total. The summed E-state index contributed by atoms with van der Waals surface area (Å²) in [4.78, 5) is 16.8. The zero-order valence-corrected chi connectivity index (χ0v) is 15.9. The first kappa shape index (κ1) is 18.2. The van der Waals surface area contributed by atoms with Crippen LogP contribution in [0.3, 0.4) is 0 Å². The van der Waals surface area contributed by atoms with Crippen molar-refractivity contribution < 1.29 is 4.79 Å². The third-order valence-electron chi connectivity index (χ3n) is 4.25. The lowest BCUT2D eigenvalue weighted by Crippen LogP contribution is -2.35. The Morgan fingerprint density at radius 3 is 2.56 bits per heavy atom. The van der Waals surface area contributed by atoms with Crippen LogP contribution >= 0.6 is 34.5 Å². The molecule has 0 unspecified atom stereocenters. The van der Waals surface area contributed by atoms with Crippen molar-refractivity contribution in [1.82, 2.24) is 9.80 Å². The van der Waals surface area contributed by atoms with Gasteiger partial charge in [0.05, 0.1) is 21.5 Å². The van der Waals surface area contributed by atoms with Gasteiger partial charge in [0.25, 0.3) is 5.91 Å². The molecule has 0 saturated carbocycles. The van der Waals surface area contributed by atoms with E-state index < -0.39 is 0 Å². The average Bonchev–Trinajstić information content (AvgIpc) is 2.81. The van der Waals surface area contributed by atoms with Crippen LogP contribution in [-0.4, -0.2) is 41.9 Å². The summed E-state index contributed by atoms with van der Waals surface area (Å²) in [6, 6.07) is 11.4. The quantitative estimate of drug-likeness (QED) is 0.781. The van der Waals surface area contributed by atoms with Crippen LogP contribution < -0.4 is 0 Å². The van der Waals surface area contributed by atoms with Gasteiger partial charge in [-0.2, -0.15) is 5.26 Å². The molecule has 1 aliphatic rings. The second kappa shape index (κ2) is 8.20. The van der Waals surface area contributed by atoms with Gasteiger partial charge in [-0.1, -0.05) is 35.3 Å². The number of thiophene rings is 1. The van der Waals surface area contributed by atoms with E-state index in [0.29, 0.717) is 32.9 Å². The van der Waals surface area contributed by atoms with E-state index in [9.17, 15) is 4.79 Å². The molecule has 25 heavy (non-hydrogen) atoms. The minimum Gasteiger partial charge on any atom is -0.337 e. The van der Waals surface area contributed by atoms with Crippen LogP contribution in [0.2, 0.25) is 8.67 Å². The third kappa shape index (κ3) is 4.53. The number of nitriles is 1. The summed E-state index contributed by atoms with van der Waals surface area (Å²) in [5.74, 6) is -0.0478. The molecular formula is C18H17Cl2N3OS. The standard InChI is InChI=1S/C18H17Cl2N3OS/c19-16-10-15(17(20)25-16)18(24)23-7-1-6-22(8-9-23)12-14-4-2-13(11-21)3-5-14/h2-5,10H,1,6-9,12H2. The number of hydrogen-bond donors (Lipinski definition) is 0. The van der Waals surface area contributed by atoms with Crippen molar-refractivity contribution >= 4 is 40.4 Å². The second-order valence-electron chi connectivity index (χ2n) is 5.97. The fourth-order valence-electron chi connectivity index (χ4n) is 2.93. The summed E-state index contributed by atoms with van der Waals surface area (Å²) in [6.45, 7) is 3.94. The molecule has 1 fully saturated rings. The number of nitrogens with zero attached hydrogens (tertiary/aromatic N) is 3. The maximum Gasteiger partial charge on any atom is 0.256 e. The SMILES string of the molecule is N#Cc1ccc(CN2CCCN(C(=O)c3cc(Cl)sc3Cl)CC2)cc1. The van der Waals surface area contributed by atoms with Gasteiger partial charge >= 0.3 is 0 Å². The van der Waals surface area contributed by atoms with Gasteiger partial charge in [0.2, 0.25) is 0 Å². The number of carbonyl (C=O) groups excluding carboxylic acids is 1. The molecule has 1 aromatic carbocycles. The predicted octanol–water partition coefficient (Wildman–Crippen LogP) is 4.27. The molecule has 1 amide bonds. The fourth-order valence-corrected chi connectivity index (χ4v) is 4.38. The van der Waals surface area contributed by atoms with Crippen LogP contribution in [0, 0.1) is 11.3 Å². The number of hydrogen-bond acceptors (Lipinski definition) is 4. The molecule has 0 radical (unpaired) electrons. The van der Waals surface area contributed by atoms with E-state index in [1.54, 1.807) is 6.07 Å². The molecule has 0 bridgehead atoms. The van der Waals surface area contributed by atoms with Gasteiger partial charge in [0.1, 0.15) is 4.34 Å². The molecule has 3 rings (SSSR count). The van der Waals surface area contributed by atoms with Crippen molar-refractivity contribution in [1.29, 1.82) is 5.26 Å². The monoisotopic (exact) mass is 393 g/mol. The van der Waals surface area contributed by atoms with Crippen molar-refractivity contribution in [3.8, 4) is 6.07 Å². The van der Waals surface area contributed by atoms with Crippen molar-refractivity contribution in [2.75, 3.05) is 26.2 Å². The van der Waals surface area contributed by atoms with Crippen molar-refractivity contribution in [2.24, 2.45) is 0 Å². The first-order valence-corrected chi connectivity index (χ1v) is 9.59. The highest BCUT2D eigenvalue weighted by atomic mass is 35.5. The van der Waals surface area contributed by atoms with Crippen molar-refractivity contribution in [3.05, 3.63) is 55.7 Å². The van der Waals surface area contributed by atoms with Crippen LogP contribution in [0.4, 0.5) is 0 Å². The Balaban J connectivity index is 1.61. The van der Waals surface area contributed by atoms with Crippen LogP contribution in [0.1, 0.15) is 27.9 Å². The minimum absolute atomic E-state index is 0.0478. The van der Waals surface area contributed by atoms with Gasteiger partial charge in [0.15, 0.2) is 0 Å². The smallest absolute Gasteiger partial charge is 0.256 e. The molecule has 0 aliphatic carbocycles. The van der Waals surface area contributed by atoms with Gasteiger partial charge in [-0.3, -0.25) is 9.69 Å². The van der Waals surface area contributed by atoms with Crippen LogP contribution in [0.25, 0.3) is 0 Å². The number of amides is 1. The van der Waals surface area contributed by atoms with Crippen LogP contribution in [0.15, 0.2) is 30.3 Å². The highest BCUT2D eigenvalue weighted by Crippen LogP contribution is 2.32. The number of benzene rings is 1. The highest BCUT2D eigenvalue weighted by molar-refractivity contribution is 7.20. The normalized spacial score (nSPS) is 15.6. The molecule has 0 atom stereocenters. The summed E-state index contributed by atoms with van der Waals surface area (Å²) < 4.78 is 0.985. The maximum absolute atomic E-state index is 12.7. The summed E-state index contributed by atoms with van der Waals surface area (Å²) >= 11 is 13.3. The highest BCUT2D eigenvalue weighted by Gasteiger charge is 2.23. The van der Waals surface area contributed by atoms with Crippen LogP contribution in [-0.2, 0) is 6.54 Å². The number of rotatable bonds is 3. The van der Waals surface area contributed by atoms with Crippen molar-refractivity contribution in [2.45, 2.75) is 13.0 Å². The molecule has 0 spiro atoms. The third-order valence-corrected chi connectivity index (χ3v) is 5.74. The van der Waals surface area contributed by atoms with E-state index in [-0.39, 0.29) is 5.91 Å². The Morgan fingerprint density at radius 2 is 1.92 bits per heavy atom. The van der Waals surface area contributed by atoms with E-state index in [2.05, 4.69) is 11.0 Å². The van der Waals surface area contributed by atoms with Gasteiger partial charge in [-0.25, -0.2) is 0 Å². The van der Waals surface area contributed by atoms with Gasteiger partial charge in [-0.15, -0.1) is 11.3 Å². The first-order chi connectivity index (χ1) is 12.1. The lowest BCUT2D eigenvalue weighted by atomic mass is 10.1. The molecule has 1 aliphatic heterocycles. The van der Waals surface area contributed by atoms with Gasteiger partial charge in [0, 0.05) is 32.7 Å². The van der Waals surface area contributed by atoms with E-state index in [1.807, 2.05) is 29.2 Å². The van der Waals surface area contributed by atoms with E-state index in [4.69, 9.17) is 28.5 Å². The maximum atomic E-state index is 12.7. The Kier molecular flexibility index (Phi) is 5.98. The molecule has 7 heteroatoms. The minimum atomic E-state index is -0.0478. The second-order valence-corrected chi connectivity index (χ2v) is 8.25. The first-order valence-electron chi connectivity index (χ1n) is 8.02. The molecule has 1 saturated heterocycles. The molecular weight excluding hydrogens is 377 g/mol. The van der Waals surface area contributed by atoms with Gasteiger partial charge < -0.3 is 4.90 Å². The Bertz CT molecular complexity index is 798. The average molecular weight is 394 g/mol. The lowest BCUT2D eigenvalue weighted by Gasteiger charge is -2.22. The van der Waals surface area contributed by atoms with E-state index in [0.717, 1.165) is 26.1 Å². The zero-order chi connectivity index (χ0) is 17.8. The van der Waals surface area contributed by atoms with Gasteiger partial charge in [-0.05, 0) is 30.2 Å². The predicted molar refractivity (Wildman–Crippen MR) is 101 cm³/mol. The molecule has 2 heterocycles. The zero-order valence-electron chi connectivity index (χ0n) is 13.5. The topological polar surface area (TPSA) is 47.3 Å². The number of halogens is 2. The Morgan fingerprint density at radius 1 is 1.16 bits per heavy atom. The summed E-state index contributed by atoms with van der Waals surface area (Å²) in [5, 5.41) is 8.87. The number of carbonyl (C=O) groups is 1. The Labute approximate surface area is 161 Å². The molecule has 2 aromatic rings. The van der Waals surface area contributed by atoms with E-state index >= 15 is 0 Å². The molecule has 0 N–H and O–H groups in total. The lowest BCUT2D eigenvalue weighted by molar-refractivity contribution is 0.0762. The Hall–Kier alpha value is -1.58.